The fraction of sp³-hybridized carbons (Fsp3) is 0.312. The molecule has 0 aromatic heterocycles. The van der Waals surface area contributed by atoms with Crippen LogP contribution in [0.15, 0.2) is 30.4 Å². The fourth-order valence-corrected chi connectivity index (χ4v) is 2.79. The van der Waals surface area contributed by atoms with Gasteiger partial charge in [-0.1, -0.05) is 25.1 Å². The predicted molar refractivity (Wildman–Crippen MR) is 72.4 cm³/mol. The Bertz CT molecular complexity index is 581. The Morgan fingerprint density at radius 1 is 1.33 bits per heavy atom. The third-order valence-electron chi connectivity index (χ3n) is 3.99. The highest BCUT2D eigenvalue weighted by molar-refractivity contribution is 6.02. The number of allylic oxidation sites excluding steroid dienone is 3. The molecule has 3 rings (SSSR count). The summed E-state index contributed by atoms with van der Waals surface area (Å²) in [5, 5.41) is 0. The van der Waals surface area contributed by atoms with E-state index < -0.39 is 0 Å². The zero-order valence-corrected chi connectivity index (χ0v) is 10.7. The number of methoxy groups -OCH3 is 1. The molecule has 2 aliphatic rings. The van der Waals surface area contributed by atoms with Crippen molar-refractivity contribution in [1.82, 2.24) is 0 Å². The number of ether oxygens (including phenoxy) is 1. The van der Waals surface area contributed by atoms with Crippen molar-refractivity contribution in [3.05, 3.63) is 41.5 Å². The van der Waals surface area contributed by atoms with Gasteiger partial charge in [-0.25, -0.2) is 0 Å². The van der Waals surface area contributed by atoms with Crippen LogP contribution in [0.5, 0.6) is 5.75 Å². The molecule has 1 unspecified atom stereocenters. The van der Waals surface area contributed by atoms with Gasteiger partial charge in [-0.15, -0.1) is 0 Å². The smallest absolute Gasteiger partial charge is 0.156 e. The van der Waals surface area contributed by atoms with Crippen molar-refractivity contribution in [2.75, 3.05) is 7.11 Å². The summed E-state index contributed by atoms with van der Waals surface area (Å²) >= 11 is 0. The molecule has 0 fully saturated rings. The highest BCUT2D eigenvalue weighted by Gasteiger charge is 2.34. The van der Waals surface area contributed by atoms with E-state index in [0.717, 1.165) is 28.9 Å². The van der Waals surface area contributed by atoms with Gasteiger partial charge >= 0.3 is 0 Å². The monoisotopic (exact) mass is 240 g/mol. The lowest BCUT2D eigenvalue weighted by Gasteiger charge is -2.36. The fourth-order valence-electron chi connectivity index (χ4n) is 2.79. The molecule has 2 nitrogen and oxygen atoms in total. The molecule has 1 atom stereocenters. The molecule has 0 heterocycles. The molecular weight excluding hydrogens is 224 g/mol. The topological polar surface area (TPSA) is 26.3 Å². The molecule has 0 aliphatic heterocycles. The van der Waals surface area contributed by atoms with Gasteiger partial charge in [-0.3, -0.25) is 4.79 Å². The SMILES string of the molecule is COc1ccc2c(c1)C1=CC(=O)CCC1(C)C=C2. The second-order valence-electron chi connectivity index (χ2n) is 5.23. The number of carbonyl (C=O) groups excluding carboxylic acids is 1. The van der Waals surface area contributed by atoms with Crippen molar-refractivity contribution in [3.8, 4) is 5.75 Å². The zero-order valence-electron chi connectivity index (χ0n) is 10.7. The van der Waals surface area contributed by atoms with Crippen molar-refractivity contribution in [3.63, 3.8) is 0 Å². The van der Waals surface area contributed by atoms with E-state index in [-0.39, 0.29) is 11.2 Å². The van der Waals surface area contributed by atoms with E-state index in [9.17, 15) is 4.79 Å². The number of ketones is 1. The first-order valence-electron chi connectivity index (χ1n) is 6.25. The van der Waals surface area contributed by atoms with Crippen LogP contribution in [0, 0.1) is 5.41 Å². The Morgan fingerprint density at radius 2 is 2.17 bits per heavy atom. The second-order valence-corrected chi connectivity index (χ2v) is 5.23. The highest BCUT2D eigenvalue weighted by Crippen LogP contribution is 2.48. The van der Waals surface area contributed by atoms with Gasteiger partial charge in [0.1, 0.15) is 5.75 Å². The molecule has 2 heteroatoms. The van der Waals surface area contributed by atoms with Crippen LogP contribution in [0.1, 0.15) is 30.9 Å². The molecule has 0 bridgehead atoms. The molecule has 2 aliphatic carbocycles. The molecule has 92 valence electrons. The van der Waals surface area contributed by atoms with Crippen molar-refractivity contribution < 1.29 is 9.53 Å². The van der Waals surface area contributed by atoms with Gasteiger partial charge in [-0.2, -0.15) is 0 Å². The predicted octanol–water partition coefficient (Wildman–Crippen LogP) is 3.47. The number of hydrogen-bond acceptors (Lipinski definition) is 2. The van der Waals surface area contributed by atoms with Crippen molar-refractivity contribution >= 4 is 17.4 Å². The third-order valence-corrected chi connectivity index (χ3v) is 3.99. The summed E-state index contributed by atoms with van der Waals surface area (Å²) in [6.07, 6.45) is 7.72. The Balaban J connectivity index is 2.21. The van der Waals surface area contributed by atoms with Crippen LogP contribution < -0.4 is 4.74 Å². The molecule has 0 saturated carbocycles. The van der Waals surface area contributed by atoms with Gasteiger partial charge in [0.05, 0.1) is 7.11 Å². The van der Waals surface area contributed by atoms with Gasteiger partial charge in [0.2, 0.25) is 0 Å². The van der Waals surface area contributed by atoms with Crippen LogP contribution in [0.4, 0.5) is 0 Å². The average Bonchev–Trinajstić information content (AvgIpc) is 2.39. The van der Waals surface area contributed by atoms with E-state index >= 15 is 0 Å². The van der Waals surface area contributed by atoms with Crippen LogP contribution in [-0.4, -0.2) is 12.9 Å². The van der Waals surface area contributed by atoms with Crippen molar-refractivity contribution in [2.24, 2.45) is 5.41 Å². The van der Waals surface area contributed by atoms with Gasteiger partial charge < -0.3 is 4.74 Å². The normalized spacial score (nSPS) is 25.2. The minimum absolute atomic E-state index is 0.00667. The summed E-state index contributed by atoms with van der Waals surface area (Å²) in [4.78, 5) is 11.7. The van der Waals surface area contributed by atoms with E-state index in [4.69, 9.17) is 4.74 Å². The summed E-state index contributed by atoms with van der Waals surface area (Å²) in [7, 11) is 1.67. The maximum atomic E-state index is 11.7. The molecule has 0 saturated heterocycles. The van der Waals surface area contributed by atoms with Gasteiger partial charge in [0.25, 0.3) is 0 Å². The molecule has 18 heavy (non-hydrogen) atoms. The number of rotatable bonds is 1. The molecule has 0 N–H and O–H groups in total. The Morgan fingerprint density at radius 3 is 2.94 bits per heavy atom. The molecule has 0 radical (unpaired) electrons. The second kappa shape index (κ2) is 3.84. The number of benzene rings is 1. The first-order chi connectivity index (χ1) is 8.62. The largest absolute Gasteiger partial charge is 0.497 e. The lowest BCUT2D eigenvalue weighted by atomic mass is 9.67. The molecule has 0 amide bonds. The first-order valence-corrected chi connectivity index (χ1v) is 6.25. The molecular formula is C16H16O2. The van der Waals surface area contributed by atoms with Crippen LogP contribution in [-0.2, 0) is 4.79 Å². The lowest BCUT2D eigenvalue weighted by molar-refractivity contribution is -0.115. The Hall–Kier alpha value is -1.83. The number of hydrogen-bond donors (Lipinski definition) is 0. The van der Waals surface area contributed by atoms with E-state index in [0.29, 0.717) is 6.42 Å². The highest BCUT2D eigenvalue weighted by atomic mass is 16.5. The van der Waals surface area contributed by atoms with E-state index in [1.54, 1.807) is 7.11 Å². The quantitative estimate of drug-likeness (QED) is 0.751. The Kier molecular flexibility index (Phi) is 2.40. The van der Waals surface area contributed by atoms with Gasteiger partial charge in [-0.05, 0) is 41.3 Å². The summed E-state index contributed by atoms with van der Waals surface area (Å²) in [6.45, 7) is 2.20. The number of carbonyl (C=O) groups is 1. The molecule has 1 aromatic rings. The third kappa shape index (κ3) is 1.60. The first kappa shape index (κ1) is 11.3. The summed E-state index contributed by atoms with van der Waals surface area (Å²) in [5.41, 5.74) is 3.42. The summed E-state index contributed by atoms with van der Waals surface area (Å²) in [5.74, 6) is 1.07. The van der Waals surface area contributed by atoms with Gasteiger partial charge in [0, 0.05) is 11.8 Å². The maximum absolute atomic E-state index is 11.7. The van der Waals surface area contributed by atoms with Crippen LogP contribution in [0.25, 0.3) is 11.6 Å². The lowest BCUT2D eigenvalue weighted by Crippen LogP contribution is -2.24. The van der Waals surface area contributed by atoms with Crippen molar-refractivity contribution in [2.45, 2.75) is 19.8 Å². The van der Waals surface area contributed by atoms with Crippen LogP contribution in [0.3, 0.4) is 0 Å². The number of fused-ring (bicyclic) bond motifs is 3. The molecule has 0 spiro atoms. The van der Waals surface area contributed by atoms with E-state index in [2.05, 4.69) is 19.1 Å². The van der Waals surface area contributed by atoms with E-state index in [1.807, 2.05) is 24.3 Å². The zero-order chi connectivity index (χ0) is 12.8. The standard InChI is InChI=1S/C16H16O2/c1-16-7-5-11-3-4-13(18-2)10-14(11)15(16)9-12(17)6-8-16/h3-5,7,9-10H,6,8H2,1-2H3. The summed E-state index contributed by atoms with van der Waals surface area (Å²) in [6, 6.07) is 6.03. The summed E-state index contributed by atoms with van der Waals surface area (Å²) < 4.78 is 5.28. The average molecular weight is 240 g/mol. The van der Waals surface area contributed by atoms with Gasteiger partial charge in [0.15, 0.2) is 5.78 Å². The van der Waals surface area contributed by atoms with Crippen molar-refractivity contribution in [1.29, 1.82) is 0 Å². The minimum atomic E-state index is -0.00667. The Labute approximate surface area is 107 Å². The minimum Gasteiger partial charge on any atom is -0.497 e. The molecule has 1 aromatic carbocycles. The maximum Gasteiger partial charge on any atom is 0.156 e. The van der Waals surface area contributed by atoms with Crippen LogP contribution >= 0.6 is 0 Å². The van der Waals surface area contributed by atoms with E-state index in [1.165, 1.54) is 0 Å². The van der Waals surface area contributed by atoms with Crippen LogP contribution in [0.2, 0.25) is 0 Å².